The van der Waals surface area contributed by atoms with Gasteiger partial charge in [-0.05, 0) is 27.9 Å². The number of hydrogen-bond donors (Lipinski definition) is 1. The van der Waals surface area contributed by atoms with Gasteiger partial charge in [-0.15, -0.1) is 16.4 Å². The third kappa shape index (κ3) is 4.03. The smallest absolute Gasteiger partial charge is 0.351 e. The summed E-state index contributed by atoms with van der Waals surface area (Å²) in [5, 5.41) is 15.2. The molecule has 1 amide bonds. The second-order valence-electron chi connectivity index (χ2n) is 5.05. The Bertz CT molecular complexity index is 894. The number of nitrogens with one attached hydrogen (secondary N) is 1. The Labute approximate surface area is 152 Å². The number of ether oxygens (including phenoxy) is 2. The third-order valence-corrected chi connectivity index (χ3v) is 4.31. The van der Waals surface area contributed by atoms with Crippen molar-refractivity contribution in [2.45, 2.75) is 6.54 Å². The minimum absolute atomic E-state index is 0.273. The Morgan fingerprint density at radius 1 is 1.27 bits per heavy atom. The number of tetrazole rings is 1. The highest BCUT2D eigenvalue weighted by atomic mass is 32.1. The van der Waals surface area contributed by atoms with Crippen LogP contribution in [0.15, 0.2) is 42.0 Å². The molecule has 3 rings (SSSR count). The first-order valence-electron chi connectivity index (χ1n) is 7.55. The minimum atomic E-state index is -0.613. The first-order chi connectivity index (χ1) is 12.7. The van der Waals surface area contributed by atoms with E-state index in [1.165, 1.54) is 22.3 Å². The number of benzene rings is 1. The van der Waals surface area contributed by atoms with Crippen LogP contribution in [0.5, 0.6) is 5.75 Å². The van der Waals surface area contributed by atoms with Crippen molar-refractivity contribution in [3.8, 4) is 11.4 Å². The molecular weight excluding hydrogens is 358 g/mol. The van der Waals surface area contributed by atoms with Gasteiger partial charge in [0.2, 0.25) is 0 Å². The van der Waals surface area contributed by atoms with E-state index in [0.717, 1.165) is 5.56 Å². The van der Waals surface area contributed by atoms with Gasteiger partial charge in [0.25, 0.3) is 5.91 Å². The number of carbonyl (C=O) groups excluding carboxylic acids is 2. The van der Waals surface area contributed by atoms with Crippen LogP contribution in [-0.4, -0.2) is 45.8 Å². The van der Waals surface area contributed by atoms with E-state index in [-0.39, 0.29) is 13.2 Å². The summed E-state index contributed by atoms with van der Waals surface area (Å²) in [6.45, 7) is -0.115. The number of rotatable bonds is 7. The summed E-state index contributed by atoms with van der Waals surface area (Å²) >= 11 is 1.18. The van der Waals surface area contributed by atoms with Crippen molar-refractivity contribution in [3.63, 3.8) is 0 Å². The Morgan fingerprint density at radius 2 is 2.12 bits per heavy atom. The fourth-order valence-electron chi connectivity index (χ4n) is 2.20. The number of thiophene rings is 1. The largest absolute Gasteiger partial charge is 0.496 e. The first-order valence-corrected chi connectivity index (χ1v) is 8.43. The van der Waals surface area contributed by atoms with Gasteiger partial charge >= 0.3 is 5.97 Å². The maximum atomic E-state index is 12.2. The monoisotopic (exact) mass is 373 g/mol. The van der Waals surface area contributed by atoms with E-state index < -0.39 is 11.9 Å². The normalized spacial score (nSPS) is 10.3. The van der Waals surface area contributed by atoms with Gasteiger partial charge in [0, 0.05) is 12.1 Å². The number of esters is 1. The third-order valence-electron chi connectivity index (χ3n) is 3.43. The van der Waals surface area contributed by atoms with Crippen LogP contribution >= 0.6 is 11.3 Å². The molecule has 0 bridgehead atoms. The van der Waals surface area contributed by atoms with Crippen LogP contribution in [0.4, 0.5) is 0 Å². The predicted molar refractivity (Wildman–Crippen MR) is 92.2 cm³/mol. The molecule has 2 aromatic heterocycles. The van der Waals surface area contributed by atoms with E-state index in [2.05, 4.69) is 20.8 Å². The summed E-state index contributed by atoms with van der Waals surface area (Å²) in [5.41, 5.74) is 1.33. The van der Waals surface area contributed by atoms with Gasteiger partial charge in [-0.3, -0.25) is 4.79 Å². The van der Waals surface area contributed by atoms with E-state index in [4.69, 9.17) is 9.47 Å². The molecule has 0 atom stereocenters. The molecule has 0 aliphatic carbocycles. The zero-order valence-corrected chi connectivity index (χ0v) is 14.6. The van der Waals surface area contributed by atoms with Crippen molar-refractivity contribution in [1.29, 1.82) is 0 Å². The predicted octanol–water partition coefficient (Wildman–Crippen LogP) is 1.21. The van der Waals surface area contributed by atoms with Crippen molar-refractivity contribution in [1.82, 2.24) is 25.5 Å². The highest BCUT2D eigenvalue weighted by Gasteiger charge is 2.18. The minimum Gasteiger partial charge on any atom is -0.496 e. The van der Waals surface area contributed by atoms with Gasteiger partial charge in [-0.25, -0.2) is 4.79 Å². The summed E-state index contributed by atoms with van der Waals surface area (Å²) < 4.78 is 11.7. The summed E-state index contributed by atoms with van der Waals surface area (Å²) in [7, 11) is 1.56. The van der Waals surface area contributed by atoms with Gasteiger partial charge in [-0.1, -0.05) is 18.2 Å². The molecule has 0 radical (unpaired) electrons. The fraction of sp³-hybridized carbons (Fsp3) is 0.188. The van der Waals surface area contributed by atoms with Gasteiger partial charge in [0.1, 0.15) is 17.0 Å². The van der Waals surface area contributed by atoms with Crippen LogP contribution in [0.1, 0.15) is 15.2 Å². The van der Waals surface area contributed by atoms with Gasteiger partial charge in [0.15, 0.2) is 6.61 Å². The lowest BCUT2D eigenvalue weighted by atomic mass is 10.2. The number of amides is 1. The van der Waals surface area contributed by atoms with Gasteiger partial charge < -0.3 is 14.8 Å². The molecule has 0 saturated carbocycles. The summed E-state index contributed by atoms with van der Waals surface area (Å²) in [6.07, 6.45) is 1.37. The Kier molecular flexibility index (Phi) is 5.54. The van der Waals surface area contributed by atoms with Crippen molar-refractivity contribution >= 4 is 23.2 Å². The number of nitrogens with zero attached hydrogens (tertiary/aromatic N) is 4. The Hall–Kier alpha value is -3.27. The van der Waals surface area contributed by atoms with Crippen LogP contribution in [0, 0.1) is 0 Å². The van der Waals surface area contributed by atoms with Crippen molar-refractivity contribution in [3.05, 3.63) is 52.5 Å². The Morgan fingerprint density at radius 3 is 2.88 bits per heavy atom. The average molecular weight is 373 g/mol. The van der Waals surface area contributed by atoms with Crippen molar-refractivity contribution in [2.75, 3.05) is 13.7 Å². The average Bonchev–Trinajstić information content (AvgIpc) is 3.35. The van der Waals surface area contributed by atoms with Crippen molar-refractivity contribution < 1.29 is 19.1 Å². The highest BCUT2D eigenvalue weighted by Crippen LogP contribution is 2.21. The molecule has 0 spiro atoms. The zero-order chi connectivity index (χ0) is 18.4. The van der Waals surface area contributed by atoms with Crippen LogP contribution in [0.2, 0.25) is 0 Å². The lowest BCUT2D eigenvalue weighted by Gasteiger charge is -2.10. The molecule has 0 unspecified atom stereocenters. The topological polar surface area (TPSA) is 108 Å². The molecule has 0 saturated heterocycles. The van der Waals surface area contributed by atoms with Crippen LogP contribution in [0.25, 0.3) is 5.69 Å². The second-order valence-corrected chi connectivity index (χ2v) is 5.97. The molecule has 3 aromatic rings. The van der Waals surface area contributed by atoms with Crippen LogP contribution in [-0.2, 0) is 16.1 Å². The number of aromatic nitrogens is 4. The van der Waals surface area contributed by atoms with Crippen LogP contribution < -0.4 is 10.1 Å². The zero-order valence-electron chi connectivity index (χ0n) is 13.8. The van der Waals surface area contributed by atoms with E-state index in [1.54, 1.807) is 24.6 Å². The fourth-order valence-corrected chi connectivity index (χ4v) is 2.97. The summed E-state index contributed by atoms with van der Waals surface area (Å²) in [5.74, 6) is -0.350. The highest BCUT2D eigenvalue weighted by molar-refractivity contribution is 7.12. The molecule has 1 N–H and O–H groups in total. The molecule has 2 heterocycles. The number of carbonyl (C=O) groups is 2. The first kappa shape index (κ1) is 17.5. The van der Waals surface area contributed by atoms with Crippen molar-refractivity contribution in [2.24, 2.45) is 0 Å². The molecule has 1 aromatic carbocycles. The molecule has 0 aliphatic rings. The summed E-state index contributed by atoms with van der Waals surface area (Å²) in [6, 6.07) is 9.03. The lowest BCUT2D eigenvalue weighted by molar-refractivity contribution is -0.124. The maximum absolute atomic E-state index is 12.2. The number of hydrogen-bond acceptors (Lipinski definition) is 8. The molecular formula is C16H15N5O4S. The van der Waals surface area contributed by atoms with E-state index in [9.17, 15) is 9.59 Å². The van der Waals surface area contributed by atoms with Crippen LogP contribution in [0.3, 0.4) is 0 Å². The molecule has 0 aliphatic heterocycles. The van der Waals surface area contributed by atoms with E-state index >= 15 is 0 Å². The Balaban J connectivity index is 1.54. The van der Waals surface area contributed by atoms with Gasteiger partial charge in [0.05, 0.1) is 12.8 Å². The SMILES string of the molecule is COc1ccccc1CNC(=O)COC(=O)c1sccc1-n1cnnn1. The van der Waals surface area contributed by atoms with E-state index in [1.807, 2.05) is 18.2 Å². The number of para-hydroxylation sites is 1. The maximum Gasteiger partial charge on any atom is 0.351 e. The standard InChI is InChI=1S/C16H15N5O4S/c1-24-13-5-3-2-4-11(13)8-17-14(22)9-25-16(23)15-12(6-7-26-15)21-10-18-19-20-21/h2-7,10H,8-9H2,1H3,(H,17,22). The molecule has 26 heavy (non-hydrogen) atoms. The second kappa shape index (κ2) is 8.21. The lowest BCUT2D eigenvalue weighted by Crippen LogP contribution is -2.28. The molecule has 134 valence electrons. The molecule has 9 nitrogen and oxygen atoms in total. The molecule has 10 heteroatoms. The van der Waals surface area contributed by atoms with Gasteiger partial charge in [-0.2, -0.15) is 4.68 Å². The van der Waals surface area contributed by atoms with E-state index in [0.29, 0.717) is 16.3 Å². The summed E-state index contributed by atoms with van der Waals surface area (Å²) in [4.78, 5) is 24.5. The molecule has 0 fully saturated rings. The number of methoxy groups -OCH3 is 1. The quantitative estimate of drug-likeness (QED) is 0.620.